The monoisotopic (exact) mass is 301 g/mol. The fourth-order valence-corrected chi connectivity index (χ4v) is 3.95. The van der Waals surface area contributed by atoms with Crippen molar-refractivity contribution in [1.29, 1.82) is 0 Å². The van der Waals surface area contributed by atoms with E-state index in [9.17, 15) is 0 Å². The first-order valence-electron chi connectivity index (χ1n) is 8.78. The van der Waals surface area contributed by atoms with E-state index in [2.05, 4.69) is 61.5 Å². The van der Waals surface area contributed by atoms with Gasteiger partial charge in [0.15, 0.2) is 0 Å². The summed E-state index contributed by atoms with van der Waals surface area (Å²) in [5, 5.41) is 1.35. The number of aryl methyl sites for hydroxylation is 1. The van der Waals surface area contributed by atoms with Crippen LogP contribution in [0.1, 0.15) is 49.3 Å². The smallest absolute Gasteiger partial charge is 0.0708 e. The van der Waals surface area contributed by atoms with Crippen LogP contribution in [0.2, 0.25) is 0 Å². The number of benzene rings is 2. The van der Waals surface area contributed by atoms with Crippen LogP contribution >= 0.6 is 0 Å². The van der Waals surface area contributed by atoms with Crippen LogP contribution in [0.4, 0.5) is 0 Å². The lowest BCUT2D eigenvalue weighted by Gasteiger charge is -2.24. The summed E-state index contributed by atoms with van der Waals surface area (Å²) in [6.07, 6.45) is 6.79. The molecule has 0 spiro atoms. The normalized spacial score (nSPS) is 15.9. The lowest BCUT2D eigenvalue weighted by Crippen LogP contribution is -2.06. The third-order valence-electron chi connectivity index (χ3n) is 5.12. The van der Waals surface area contributed by atoms with E-state index in [1.807, 2.05) is 0 Å². The Morgan fingerprint density at radius 3 is 2.39 bits per heavy atom. The van der Waals surface area contributed by atoms with Crippen LogP contribution in [0.5, 0.6) is 0 Å². The number of pyridine rings is 1. The molecule has 2 aromatic carbocycles. The predicted molar refractivity (Wildman–Crippen MR) is 97.7 cm³/mol. The van der Waals surface area contributed by atoms with Gasteiger partial charge in [0.1, 0.15) is 0 Å². The second-order valence-corrected chi connectivity index (χ2v) is 6.79. The zero-order valence-electron chi connectivity index (χ0n) is 13.8. The fourth-order valence-electron chi connectivity index (χ4n) is 3.95. The average molecular weight is 301 g/mol. The van der Waals surface area contributed by atoms with Gasteiger partial charge in [-0.3, -0.25) is 4.98 Å². The highest BCUT2D eigenvalue weighted by Gasteiger charge is 2.19. The summed E-state index contributed by atoms with van der Waals surface area (Å²) in [6, 6.07) is 19.7. The molecular formula is C22H23N. The van der Waals surface area contributed by atoms with E-state index in [-0.39, 0.29) is 0 Å². The first-order chi connectivity index (χ1) is 11.3. The maximum atomic E-state index is 4.77. The molecule has 1 fully saturated rings. The maximum Gasteiger partial charge on any atom is 0.0708 e. The Hall–Kier alpha value is -2.15. The Morgan fingerprint density at radius 2 is 1.61 bits per heavy atom. The quantitative estimate of drug-likeness (QED) is 0.544. The summed E-state index contributed by atoms with van der Waals surface area (Å²) in [7, 11) is 0. The zero-order chi connectivity index (χ0) is 15.6. The molecule has 23 heavy (non-hydrogen) atoms. The lowest BCUT2D eigenvalue weighted by molar-refractivity contribution is 0.445. The highest BCUT2D eigenvalue weighted by Crippen LogP contribution is 2.37. The molecule has 0 saturated heterocycles. The molecular weight excluding hydrogens is 278 g/mol. The van der Waals surface area contributed by atoms with Crippen LogP contribution in [-0.4, -0.2) is 4.98 Å². The molecule has 1 aromatic heterocycles. The molecule has 1 heteroatoms. The Bertz CT molecular complexity index is 814. The van der Waals surface area contributed by atoms with Gasteiger partial charge in [-0.1, -0.05) is 55.7 Å². The van der Waals surface area contributed by atoms with Gasteiger partial charge in [0.2, 0.25) is 0 Å². The summed E-state index contributed by atoms with van der Waals surface area (Å²) >= 11 is 0. The van der Waals surface area contributed by atoms with E-state index < -0.39 is 0 Å². The predicted octanol–water partition coefficient (Wildman–Crippen LogP) is 6.26. The third-order valence-corrected chi connectivity index (χ3v) is 5.12. The van der Waals surface area contributed by atoms with E-state index in [0.29, 0.717) is 5.92 Å². The van der Waals surface area contributed by atoms with E-state index in [0.717, 1.165) is 11.2 Å². The van der Waals surface area contributed by atoms with Crippen molar-refractivity contribution in [2.45, 2.75) is 44.9 Å². The molecule has 0 amide bonds. The van der Waals surface area contributed by atoms with Crippen molar-refractivity contribution in [3.05, 3.63) is 65.9 Å². The highest BCUT2D eigenvalue weighted by atomic mass is 14.7. The van der Waals surface area contributed by atoms with Gasteiger partial charge in [0.05, 0.1) is 5.52 Å². The molecule has 116 valence electrons. The number of fused-ring (bicyclic) bond motifs is 1. The minimum Gasteiger partial charge on any atom is -0.253 e. The van der Waals surface area contributed by atoms with Crippen molar-refractivity contribution in [2.75, 3.05) is 0 Å². The van der Waals surface area contributed by atoms with Crippen LogP contribution < -0.4 is 0 Å². The van der Waals surface area contributed by atoms with Crippen molar-refractivity contribution in [3.63, 3.8) is 0 Å². The zero-order valence-corrected chi connectivity index (χ0v) is 13.8. The molecule has 1 aliphatic carbocycles. The molecule has 0 radical (unpaired) electrons. The summed E-state index contributed by atoms with van der Waals surface area (Å²) < 4.78 is 0. The first kappa shape index (κ1) is 14.4. The van der Waals surface area contributed by atoms with Crippen LogP contribution in [0, 0.1) is 6.92 Å². The second kappa shape index (κ2) is 6.16. The molecule has 0 atom stereocenters. The SMILES string of the molecule is Cc1cc(C2CCCCC2)c2cc(-c3ccccc3)ccc2n1. The Balaban J connectivity index is 1.87. The molecule has 1 heterocycles. The number of aromatic nitrogens is 1. The molecule has 1 saturated carbocycles. The molecule has 1 aliphatic rings. The third kappa shape index (κ3) is 2.88. The first-order valence-corrected chi connectivity index (χ1v) is 8.78. The standard InChI is InChI=1S/C22H23N/c1-16-14-20(18-10-6-3-7-11-18)21-15-19(12-13-22(21)23-16)17-8-4-2-5-9-17/h2,4-5,8-9,12-15,18H,3,6-7,10-11H2,1H3. The number of hydrogen-bond donors (Lipinski definition) is 0. The molecule has 1 nitrogen and oxygen atoms in total. The molecule has 3 aromatic rings. The van der Waals surface area contributed by atoms with E-state index in [4.69, 9.17) is 4.98 Å². The Kier molecular flexibility index (Phi) is 3.87. The van der Waals surface area contributed by atoms with E-state index in [1.165, 1.54) is 54.2 Å². The topological polar surface area (TPSA) is 12.9 Å². The second-order valence-electron chi connectivity index (χ2n) is 6.79. The van der Waals surface area contributed by atoms with E-state index in [1.54, 1.807) is 0 Å². The lowest BCUT2D eigenvalue weighted by atomic mass is 9.82. The van der Waals surface area contributed by atoms with Crippen molar-refractivity contribution >= 4 is 10.9 Å². The van der Waals surface area contributed by atoms with Gasteiger partial charge in [-0.15, -0.1) is 0 Å². The van der Waals surface area contributed by atoms with Gasteiger partial charge in [-0.25, -0.2) is 0 Å². The molecule has 4 rings (SSSR count). The van der Waals surface area contributed by atoms with Crippen molar-refractivity contribution in [3.8, 4) is 11.1 Å². The van der Waals surface area contributed by atoms with Crippen LogP contribution in [0.15, 0.2) is 54.6 Å². The van der Waals surface area contributed by atoms with Crippen molar-refractivity contribution < 1.29 is 0 Å². The van der Waals surface area contributed by atoms with Crippen LogP contribution in [-0.2, 0) is 0 Å². The summed E-state index contributed by atoms with van der Waals surface area (Å²) in [6.45, 7) is 2.12. The highest BCUT2D eigenvalue weighted by molar-refractivity contribution is 5.87. The summed E-state index contributed by atoms with van der Waals surface area (Å²) in [4.78, 5) is 4.77. The molecule has 0 unspecified atom stereocenters. The van der Waals surface area contributed by atoms with Crippen LogP contribution in [0.25, 0.3) is 22.0 Å². The van der Waals surface area contributed by atoms with Gasteiger partial charge in [0.25, 0.3) is 0 Å². The maximum absolute atomic E-state index is 4.77. The molecule has 0 bridgehead atoms. The summed E-state index contributed by atoms with van der Waals surface area (Å²) in [5.41, 5.74) is 6.38. The van der Waals surface area contributed by atoms with Gasteiger partial charge in [0, 0.05) is 11.1 Å². The van der Waals surface area contributed by atoms with Crippen LogP contribution in [0.3, 0.4) is 0 Å². The minimum absolute atomic E-state index is 0.707. The minimum atomic E-state index is 0.707. The van der Waals surface area contributed by atoms with E-state index >= 15 is 0 Å². The van der Waals surface area contributed by atoms with Gasteiger partial charge in [-0.2, -0.15) is 0 Å². The number of nitrogens with zero attached hydrogens (tertiary/aromatic N) is 1. The Morgan fingerprint density at radius 1 is 0.826 bits per heavy atom. The molecule has 0 N–H and O–H groups in total. The van der Waals surface area contributed by atoms with Gasteiger partial charge >= 0.3 is 0 Å². The number of hydrogen-bond acceptors (Lipinski definition) is 1. The molecule has 0 aliphatic heterocycles. The van der Waals surface area contributed by atoms with Gasteiger partial charge in [-0.05, 0) is 60.6 Å². The average Bonchev–Trinajstić information content (AvgIpc) is 2.62. The largest absolute Gasteiger partial charge is 0.253 e. The Labute approximate surface area is 138 Å². The number of rotatable bonds is 2. The summed E-state index contributed by atoms with van der Waals surface area (Å²) in [5.74, 6) is 0.707. The van der Waals surface area contributed by atoms with Crippen molar-refractivity contribution in [1.82, 2.24) is 4.98 Å². The van der Waals surface area contributed by atoms with Gasteiger partial charge < -0.3 is 0 Å². The van der Waals surface area contributed by atoms with Crippen molar-refractivity contribution in [2.24, 2.45) is 0 Å². The fraction of sp³-hybridized carbons (Fsp3) is 0.318.